The molecule has 2 N–H and O–H groups in total. The van der Waals surface area contributed by atoms with E-state index in [1.807, 2.05) is 0 Å². The van der Waals surface area contributed by atoms with Gasteiger partial charge >= 0.3 is 0 Å². The van der Waals surface area contributed by atoms with Crippen LogP contribution in [0.2, 0.25) is 0 Å². The van der Waals surface area contributed by atoms with Crippen molar-refractivity contribution < 1.29 is 0 Å². The molecule has 0 aliphatic carbocycles. The summed E-state index contributed by atoms with van der Waals surface area (Å²) in [7, 11) is 1.80. The lowest BCUT2D eigenvalue weighted by molar-refractivity contribution is 0.582. The van der Waals surface area contributed by atoms with Crippen LogP contribution in [0.15, 0.2) is 27.2 Å². The highest BCUT2D eigenvalue weighted by Gasteiger charge is 2.17. The molecule has 4 nitrogen and oxygen atoms in total. The number of guanidine groups is 1. The van der Waals surface area contributed by atoms with E-state index in [9.17, 15) is 0 Å². The molecular weight excluding hydrogens is 324 g/mol. The van der Waals surface area contributed by atoms with Gasteiger partial charge in [0, 0.05) is 24.4 Å². The van der Waals surface area contributed by atoms with Gasteiger partial charge in [-0.15, -0.1) is 11.3 Å². The molecule has 2 aromatic rings. The van der Waals surface area contributed by atoms with Crippen LogP contribution in [0.4, 0.5) is 0 Å². The van der Waals surface area contributed by atoms with Gasteiger partial charge in [0.25, 0.3) is 0 Å². The summed E-state index contributed by atoms with van der Waals surface area (Å²) < 4.78 is 0. The predicted molar refractivity (Wildman–Crippen MR) is 102 cm³/mol. The first kappa shape index (κ1) is 17.9. The van der Waals surface area contributed by atoms with E-state index in [1.165, 1.54) is 10.6 Å². The van der Waals surface area contributed by atoms with E-state index in [0.29, 0.717) is 12.5 Å². The summed E-state index contributed by atoms with van der Waals surface area (Å²) in [6.07, 6.45) is 0. The highest BCUT2D eigenvalue weighted by atomic mass is 32.1. The van der Waals surface area contributed by atoms with E-state index < -0.39 is 0 Å². The monoisotopic (exact) mass is 350 g/mol. The van der Waals surface area contributed by atoms with E-state index in [2.05, 4.69) is 65.5 Å². The maximum absolute atomic E-state index is 4.70. The van der Waals surface area contributed by atoms with Crippen molar-refractivity contribution in [1.29, 1.82) is 0 Å². The van der Waals surface area contributed by atoms with Crippen LogP contribution in [0, 0.1) is 0 Å². The average Bonchev–Trinajstić information content (AvgIpc) is 3.18. The summed E-state index contributed by atoms with van der Waals surface area (Å²) in [6, 6.07) is 2.18. The summed E-state index contributed by atoms with van der Waals surface area (Å²) in [6.45, 7) is 10.3. The predicted octanol–water partition coefficient (Wildman–Crippen LogP) is 3.97. The van der Waals surface area contributed by atoms with Crippen molar-refractivity contribution >= 4 is 28.6 Å². The van der Waals surface area contributed by atoms with Crippen molar-refractivity contribution in [2.75, 3.05) is 13.6 Å². The van der Waals surface area contributed by atoms with Crippen molar-refractivity contribution in [1.82, 2.24) is 15.6 Å². The fraction of sp³-hybridized carbons (Fsp3) is 0.529. The van der Waals surface area contributed by atoms with Gasteiger partial charge in [0.15, 0.2) is 5.96 Å². The van der Waals surface area contributed by atoms with Crippen LogP contribution in [0.3, 0.4) is 0 Å². The number of thiazole rings is 1. The lowest BCUT2D eigenvalue weighted by atomic mass is 9.98. The quantitative estimate of drug-likeness (QED) is 0.634. The summed E-state index contributed by atoms with van der Waals surface area (Å²) in [5.74, 6) is 1.28. The second-order valence-corrected chi connectivity index (χ2v) is 8.30. The molecule has 0 spiro atoms. The highest BCUT2D eigenvalue weighted by molar-refractivity contribution is 7.09. The highest BCUT2D eigenvalue weighted by Crippen LogP contribution is 2.25. The minimum atomic E-state index is 0.110. The normalized spacial score (nSPS) is 13.9. The average molecular weight is 351 g/mol. The molecule has 0 saturated carbocycles. The Kier molecular flexibility index (Phi) is 6.18. The van der Waals surface area contributed by atoms with Gasteiger partial charge in [-0.25, -0.2) is 4.98 Å². The third-order valence-corrected chi connectivity index (χ3v) is 5.56. The van der Waals surface area contributed by atoms with Crippen molar-refractivity contribution in [3.05, 3.63) is 38.5 Å². The number of nitrogens with zero attached hydrogens (tertiary/aromatic N) is 2. The number of aliphatic imine (C=N–C) groups is 1. The molecule has 6 heteroatoms. The Morgan fingerprint density at radius 1 is 1.30 bits per heavy atom. The molecule has 1 unspecified atom stereocenters. The minimum Gasteiger partial charge on any atom is -0.356 e. The molecule has 0 aliphatic heterocycles. The zero-order valence-electron chi connectivity index (χ0n) is 14.5. The molecule has 1 atom stereocenters. The van der Waals surface area contributed by atoms with E-state index in [1.54, 1.807) is 29.7 Å². The van der Waals surface area contributed by atoms with E-state index in [0.717, 1.165) is 18.2 Å². The Bertz CT molecular complexity index is 623. The molecule has 2 rings (SSSR count). The molecular formula is C17H26N4S2. The minimum absolute atomic E-state index is 0.110. The molecule has 2 aromatic heterocycles. The number of hydrogen-bond acceptors (Lipinski definition) is 4. The first-order valence-electron chi connectivity index (χ1n) is 7.81. The third-order valence-electron chi connectivity index (χ3n) is 3.54. The number of hydrogen-bond donors (Lipinski definition) is 2. The van der Waals surface area contributed by atoms with E-state index >= 15 is 0 Å². The van der Waals surface area contributed by atoms with Gasteiger partial charge in [-0.3, -0.25) is 4.99 Å². The molecule has 0 fully saturated rings. The van der Waals surface area contributed by atoms with E-state index in [-0.39, 0.29) is 5.41 Å². The maximum atomic E-state index is 4.70. The summed E-state index contributed by atoms with van der Waals surface area (Å²) >= 11 is 3.46. The third kappa shape index (κ3) is 5.32. The number of aromatic nitrogens is 1. The first-order chi connectivity index (χ1) is 10.9. The maximum Gasteiger partial charge on any atom is 0.191 e. The first-order valence-corrected chi connectivity index (χ1v) is 9.64. The zero-order chi connectivity index (χ0) is 16.9. The van der Waals surface area contributed by atoms with Gasteiger partial charge in [0.05, 0.1) is 17.2 Å². The standard InChI is InChI=1S/C17H26N4S2/c1-12(13-6-7-22-10-13)8-19-16(18-5)20-9-14-11-23-15(21-14)17(2,3)4/h6-7,10-12H,8-9H2,1-5H3,(H2,18,19,20). The van der Waals surface area contributed by atoms with Crippen LogP contribution >= 0.6 is 22.7 Å². The fourth-order valence-corrected chi connectivity index (χ4v) is 3.74. The van der Waals surface area contributed by atoms with Crippen molar-refractivity contribution in [3.63, 3.8) is 0 Å². The molecule has 0 amide bonds. The van der Waals surface area contributed by atoms with Gasteiger partial charge in [0.2, 0.25) is 0 Å². The molecule has 0 aliphatic rings. The fourth-order valence-electron chi connectivity index (χ4n) is 2.05. The Morgan fingerprint density at radius 2 is 2.09 bits per heavy atom. The SMILES string of the molecule is CN=C(NCc1csc(C(C)(C)C)n1)NCC(C)c1ccsc1. The number of nitrogens with one attached hydrogen (secondary N) is 2. The Labute approximate surface area is 147 Å². The van der Waals surface area contributed by atoms with Crippen LogP contribution < -0.4 is 10.6 Å². The number of thiophene rings is 1. The van der Waals surface area contributed by atoms with Crippen molar-refractivity contribution in [2.45, 2.75) is 45.6 Å². The van der Waals surface area contributed by atoms with Crippen LogP contribution in [-0.4, -0.2) is 24.5 Å². The van der Waals surface area contributed by atoms with Crippen molar-refractivity contribution in [3.8, 4) is 0 Å². The van der Waals surface area contributed by atoms with E-state index in [4.69, 9.17) is 4.98 Å². The number of rotatable bonds is 5. The van der Waals surface area contributed by atoms with Crippen LogP contribution in [0.25, 0.3) is 0 Å². The molecule has 23 heavy (non-hydrogen) atoms. The molecule has 0 aromatic carbocycles. The van der Waals surface area contributed by atoms with Gasteiger partial charge in [-0.2, -0.15) is 11.3 Å². The zero-order valence-corrected chi connectivity index (χ0v) is 16.1. The lowest BCUT2D eigenvalue weighted by Gasteiger charge is -2.15. The van der Waals surface area contributed by atoms with Crippen LogP contribution in [0.5, 0.6) is 0 Å². The van der Waals surface area contributed by atoms with Gasteiger partial charge in [-0.05, 0) is 28.3 Å². The van der Waals surface area contributed by atoms with Gasteiger partial charge in [-0.1, -0.05) is 27.7 Å². The van der Waals surface area contributed by atoms with Crippen molar-refractivity contribution in [2.24, 2.45) is 4.99 Å². The van der Waals surface area contributed by atoms with Gasteiger partial charge < -0.3 is 10.6 Å². The Balaban J connectivity index is 1.82. The molecule has 2 heterocycles. The van der Waals surface area contributed by atoms with Crippen LogP contribution in [0.1, 0.15) is 49.9 Å². The summed E-state index contributed by atoms with van der Waals surface area (Å²) in [4.78, 5) is 8.98. The Morgan fingerprint density at radius 3 is 2.65 bits per heavy atom. The summed E-state index contributed by atoms with van der Waals surface area (Å²) in [5, 5.41) is 14.3. The lowest BCUT2D eigenvalue weighted by Crippen LogP contribution is -2.38. The molecule has 0 radical (unpaired) electrons. The van der Waals surface area contributed by atoms with Gasteiger partial charge in [0.1, 0.15) is 0 Å². The van der Waals surface area contributed by atoms with Crippen LogP contribution in [-0.2, 0) is 12.0 Å². The molecule has 0 saturated heterocycles. The summed E-state index contributed by atoms with van der Waals surface area (Å²) in [5.41, 5.74) is 2.54. The second-order valence-electron chi connectivity index (χ2n) is 6.66. The molecule has 0 bridgehead atoms. The second kappa shape index (κ2) is 7.93. The largest absolute Gasteiger partial charge is 0.356 e. The Hall–Kier alpha value is -1.40. The topological polar surface area (TPSA) is 49.3 Å². The smallest absolute Gasteiger partial charge is 0.191 e. The molecule has 126 valence electrons.